The van der Waals surface area contributed by atoms with E-state index in [1.54, 1.807) is 26.4 Å². The van der Waals surface area contributed by atoms with Crippen molar-refractivity contribution in [1.82, 2.24) is 15.0 Å². The summed E-state index contributed by atoms with van der Waals surface area (Å²) in [5, 5.41) is 4.14. The van der Waals surface area contributed by atoms with E-state index in [1.807, 2.05) is 54.2 Å². The zero-order valence-electron chi connectivity index (χ0n) is 18.2. The van der Waals surface area contributed by atoms with E-state index in [2.05, 4.69) is 10.1 Å². The normalized spacial score (nSPS) is 15.7. The Morgan fingerprint density at radius 1 is 1.13 bits per heavy atom. The summed E-state index contributed by atoms with van der Waals surface area (Å²) in [5.74, 6) is 2.08. The number of likely N-dealkylation sites (tertiary alicyclic amines) is 1. The molecule has 1 amide bonds. The Bertz CT molecular complexity index is 1080. The molecule has 1 atom stereocenters. The molecule has 0 N–H and O–H groups in total. The van der Waals surface area contributed by atoms with Crippen LogP contribution >= 0.6 is 0 Å². The Morgan fingerprint density at radius 2 is 1.94 bits per heavy atom. The number of carbonyl (C=O) groups is 1. The molecule has 1 fully saturated rings. The molecule has 8 heteroatoms. The smallest absolute Gasteiger partial charge is 0.254 e. The summed E-state index contributed by atoms with van der Waals surface area (Å²) in [5.41, 5.74) is 2.38. The van der Waals surface area contributed by atoms with E-state index in [0.717, 1.165) is 24.1 Å². The minimum Gasteiger partial charge on any atom is -0.493 e. The number of aromatic nitrogens is 2. The molecule has 1 saturated heterocycles. The predicted octanol–water partition coefficient (Wildman–Crippen LogP) is 3.80. The van der Waals surface area contributed by atoms with E-state index in [0.29, 0.717) is 35.3 Å². The van der Waals surface area contributed by atoms with Crippen molar-refractivity contribution in [3.05, 3.63) is 53.9 Å². The van der Waals surface area contributed by atoms with Gasteiger partial charge in [0, 0.05) is 37.5 Å². The molecule has 162 valence electrons. The van der Waals surface area contributed by atoms with Gasteiger partial charge in [-0.25, -0.2) is 0 Å². The molecule has 0 spiro atoms. The summed E-state index contributed by atoms with van der Waals surface area (Å²) >= 11 is 0. The molecule has 1 aliphatic heterocycles. The van der Waals surface area contributed by atoms with Crippen molar-refractivity contribution in [3.63, 3.8) is 0 Å². The van der Waals surface area contributed by atoms with Crippen molar-refractivity contribution < 1.29 is 18.8 Å². The fourth-order valence-corrected chi connectivity index (χ4v) is 3.81. The highest BCUT2D eigenvalue weighted by atomic mass is 16.5. The number of nitrogens with zero attached hydrogens (tertiary/aromatic N) is 4. The summed E-state index contributed by atoms with van der Waals surface area (Å²) in [6.45, 7) is 0.657. The number of hydrogen-bond donors (Lipinski definition) is 0. The van der Waals surface area contributed by atoms with Crippen LogP contribution in [0.1, 0.15) is 35.1 Å². The number of carbonyl (C=O) groups excluding carboxylic acids is 1. The van der Waals surface area contributed by atoms with Gasteiger partial charge in [-0.1, -0.05) is 11.2 Å². The Kier molecular flexibility index (Phi) is 5.79. The van der Waals surface area contributed by atoms with Gasteiger partial charge in [0.1, 0.15) is 6.04 Å². The summed E-state index contributed by atoms with van der Waals surface area (Å²) in [6, 6.07) is 12.8. The molecule has 0 saturated carbocycles. The first kappa shape index (κ1) is 20.7. The van der Waals surface area contributed by atoms with Crippen molar-refractivity contribution in [3.8, 4) is 22.9 Å². The standard InChI is InChI=1S/C23H26N4O4/c1-26(2)17-8-5-7-16(13-17)23(28)27-12-6-9-18(27)22-24-21(25-31-22)15-10-11-19(29-3)20(14-15)30-4/h5,7-8,10-11,13-14,18H,6,9,12H2,1-4H3/t18-/m0/s1. The van der Waals surface area contributed by atoms with Crippen LogP contribution in [-0.4, -0.2) is 55.8 Å². The number of benzene rings is 2. The molecule has 4 rings (SSSR count). The van der Waals surface area contributed by atoms with Gasteiger partial charge in [-0.3, -0.25) is 4.79 Å². The third-order valence-electron chi connectivity index (χ3n) is 5.49. The van der Waals surface area contributed by atoms with Gasteiger partial charge < -0.3 is 23.8 Å². The Morgan fingerprint density at radius 3 is 2.68 bits per heavy atom. The first-order valence-corrected chi connectivity index (χ1v) is 10.2. The summed E-state index contributed by atoms with van der Waals surface area (Å²) < 4.78 is 16.2. The average molecular weight is 422 g/mol. The predicted molar refractivity (Wildman–Crippen MR) is 117 cm³/mol. The summed E-state index contributed by atoms with van der Waals surface area (Å²) in [7, 11) is 7.08. The van der Waals surface area contributed by atoms with Gasteiger partial charge in [0.2, 0.25) is 11.7 Å². The zero-order valence-corrected chi connectivity index (χ0v) is 18.2. The van der Waals surface area contributed by atoms with Gasteiger partial charge in [-0.15, -0.1) is 0 Å². The molecule has 0 bridgehead atoms. The third-order valence-corrected chi connectivity index (χ3v) is 5.49. The Balaban J connectivity index is 1.58. The van der Waals surface area contributed by atoms with Gasteiger partial charge in [0.15, 0.2) is 11.5 Å². The van der Waals surface area contributed by atoms with Crippen LogP contribution in [0, 0.1) is 0 Å². The Labute approximate surface area is 181 Å². The Hall–Kier alpha value is -3.55. The zero-order chi connectivity index (χ0) is 22.0. The lowest BCUT2D eigenvalue weighted by molar-refractivity contribution is 0.0710. The lowest BCUT2D eigenvalue weighted by atomic mass is 10.1. The molecule has 3 aromatic rings. The molecule has 1 aliphatic rings. The number of hydrogen-bond acceptors (Lipinski definition) is 7. The van der Waals surface area contributed by atoms with E-state index in [9.17, 15) is 4.79 Å². The lowest BCUT2D eigenvalue weighted by Gasteiger charge is -2.22. The molecule has 2 aromatic carbocycles. The van der Waals surface area contributed by atoms with Gasteiger partial charge in [-0.05, 0) is 49.2 Å². The second-order valence-electron chi connectivity index (χ2n) is 7.63. The fourth-order valence-electron chi connectivity index (χ4n) is 3.81. The highest BCUT2D eigenvalue weighted by Gasteiger charge is 2.34. The minimum absolute atomic E-state index is 0.0305. The second kappa shape index (κ2) is 8.67. The summed E-state index contributed by atoms with van der Waals surface area (Å²) in [4.78, 5) is 21.6. The maximum absolute atomic E-state index is 13.2. The molecular weight excluding hydrogens is 396 g/mol. The maximum atomic E-state index is 13.2. The number of amides is 1. The molecule has 0 aliphatic carbocycles. The van der Waals surface area contributed by atoms with E-state index in [4.69, 9.17) is 14.0 Å². The van der Waals surface area contributed by atoms with Crippen LogP contribution in [0.4, 0.5) is 5.69 Å². The van der Waals surface area contributed by atoms with Gasteiger partial charge in [-0.2, -0.15) is 4.98 Å². The number of rotatable bonds is 6. The SMILES string of the molecule is COc1ccc(-c2noc([C@@H]3CCCN3C(=O)c3cccc(N(C)C)c3)n2)cc1OC. The summed E-state index contributed by atoms with van der Waals surface area (Å²) in [6.07, 6.45) is 1.67. The number of methoxy groups -OCH3 is 2. The molecule has 2 heterocycles. The highest BCUT2D eigenvalue weighted by Crippen LogP contribution is 2.35. The first-order valence-electron chi connectivity index (χ1n) is 10.2. The van der Waals surface area contributed by atoms with Crippen molar-refractivity contribution in [1.29, 1.82) is 0 Å². The van der Waals surface area contributed by atoms with Gasteiger partial charge in [0.05, 0.1) is 14.2 Å². The molecular formula is C23H26N4O4. The fraction of sp³-hybridized carbons (Fsp3) is 0.348. The van der Waals surface area contributed by atoms with Crippen LogP contribution in [0.2, 0.25) is 0 Å². The van der Waals surface area contributed by atoms with Crippen molar-refractivity contribution in [2.24, 2.45) is 0 Å². The largest absolute Gasteiger partial charge is 0.493 e. The molecule has 1 aromatic heterocycles. The van der Waals surface area contributed by atoms with Crippen LogP contribution in [0.25, 0.3) is 11.4 Å². The number of anilines is 1. The maximum Gasteiger partial charge on any atom is 0.254 e. The van der Waals surface area contributed by atoms with Crippen LogP contribution in [0.15, 0.2) is 47.0 Å². The van der Waals surface area contributed by atoms with Crippen molar-refractivity contribution >= 4 is 11.6 Å². The van der Waals surface area contributed by atoms with E-state index in [-0.39, 0.29) is 11.9 Å². The van der Waals surface area contributed by atoms with Gasteiger partial charge in [0.25, 0.3) is 5.91 Å². The molecule has 0 radical (unpaired) electrons. The monoisotopic (exact) mass is 422 g/mol. The van der Waals surface area contributed by atoms with E-state index >= 15 is 0 Å². The van der Waals surface area contributed by atoms with Crippen molar-refractivity contribution in [2.45, 2.75) is 18.9 Å². The quantitative estimate of drug-likeness (QED) is 0.598. The van der Waals surface area contributed by atoms with Crippen LogP contribution in [0.5, 0.6) is 11.5 Å². The minimum atomic E-state index is -0.239. The van der Waals surface area contributed by atoms with E-state index in [1.165, 1.54) is 0 Å². The highest BCUT2D eigenvalue weighted by molar-refractivity contribution is 5.95. The number of ether oxygens (including phenoxy) is 2. The molecule has 8 nitrogen and oxygen atoms in total. The average Bonchev–Trinajstić information content (AvgIpc) is 3.47. The van der Waals surface area contributed by atoms with Crippen LogP contribution in [-0.2, 0) is 0 Å². The van der Waals surface area contributed by atoms with Crippen LogP contribution < -0.4 is 14.4 Å². The van der Waals surface area contributed by atoms with Crippen molar-refractivity contribution in [2.75, 3.05) is 39.8 Å². The second-order valence-corrected chi connectivity index (χ2v) is 7.63. The first-order chi connectivity index (χ1) is 15.0. The lowest BCUT2D eigenvalue weighted by Crippen LogP contribution is -2.30. The van der Waals surface area contributed by atoms with Gasteiger partial charge >= 0.3 is 0 Å². The topological polar surface area (TPSA) is 80.9 Å². The van der Waals surface area contributed by atoms with Crippen LogP contribution in [0.3, 0.4) is 0 Å². The molecule has 31 heavy (non-hydrogen) atoms. The third kappa shape index (κ3) is 4.05. The van der Waals surface area contributed by atoms with E-state index < -0.39 is 0 Å². The molecule has 0 unspecified atom stereocenters.